The van der Waals surface area contributed by atoms with Gasteiger partial charge in [0.15, 0.2) is 10.8 Å². The van der Waals surface area contributed by atoms with Gasteiger partial charge in [0.2, 0.25) is 15.9 Å². The van der Waals surface area contributed by atoms with Gasteiger partial charge in [-0.2, -0.15) is 5.10 Å². The Balaban J connectivity index is 1.62. The molecule has 0 radical (unpaired) electrons. The van der Waals surface area contributed by atoms with Crippen molar-refractivity contribution in [2.75, 3.05) is 37.0 Å². The summed E-state index contributed by atoms with van der Waals surface area (Å²) in [6.07, 6.45) is 4.04. The van der Waals surface area contributed by atoms with Gasteiger partial charge >= 0.3 is 0 Å². The van der Waals surface area contributed by atoms with Crippen molar-refractivity contribution in [1.29, 1.82) is 0 Å². The number of amides is 1. The van der Waals surface area contributed by atoms with Gasteiger partial charge in [0.05, 0.1) is 24.4 Å². The number of carbonyl (C=O) groups is 1. The fraction of sp³-hybridized carbons (Fsp3) is 0.684. The number of nitrogens with zero attached hydrogens (tertiary/aromatic N) is 5. The lowest BCUT2D eigenvalue weighted by Crippen LogP contribution is -2.43. The van der Waals surface area contributed by atoms with Crippen LogP contribution >= 0.6 is 11.8 Å². The zero-order valence-electron chi connectivity index (χ0n) is 18.5. The van der Waals surface area contributed by atoms with Crippen LogP contribution in [0.4, 0.5) is 5.82 Å². The summed E-state index contributed by atoms with van der Waals surface area (Å²) in [5.74, 6) is 1.44. The van der Waals surface area contributed by atoms with Crippen molar-refractivity contribution in [3.63, 3.8) is 0 Å². The van der Waals surface area contributed by atoms with Gasteiger partial charge < -0.3 is 10.6 Å². The number of hydrogen-bond donors (Lipinski definition) is 2. The van der Waals surface area contributed by atoms with Gasteiger partial charge in [-0.15, -0.1) is 0 Å². The minimum atomic E-state index is -3.19. The van der Waals surface area contributed by atoms with Crippen molar-refractivity contribution in [2.24, 2.45) is 5.92 Å². The van der Waals surface area contributed by atoms with E-state index in [-0.39, 0.29) is 17.9 Å². The molecule has 1 amide bonds. The molecule has 1 saturated heterocycles. The first-order valence-corrected chi connectivity index (χ1v) is 13.4. The molecular weight excluding hydrogens is 438 g/mol. The zero-order valence-corrected chi connectivity index (χ0v) is 20.1. The number of thioether (sulfide) groups is 1. The van der Waals surface area contributed by atoms with Crippen molar-refractivity contribution in [2.45, 2.75) is 51.4 Å². The highest BCUT2D eigenvalue weighted by atomic mass is 32.2. The lowest BCUT2D eigenvalue weighted by Gasteiger charge is -2.29. The zero-order chi connectivity index (χ0) is 22.6. The second-order valence-corrected chi connectivity index (χ2v) is 11.1. The molecule has 0 aliphatic carbocycles. The maximum absolute atomic E-state index is 12.5. The van der Waals surface area contributed by atoms with Crippen LogP contribution in [0.15, 0.2) is 11.4 Å². The van der Waals surface area contributed by atoms with Crippen LogP contribution in [0.1, 0.15) is 33.6 Å². The summed E-state index contributed by atoms with van der Waals surface area (Å²) in [5.41, 5.74) is 0.741. The third-order valence-electron chi connectivity index (χ3n) is 5.09. The maximum atomic E-state index is 12.5. The molecule has 1 fully saturated rings. The molecule has 3 rings (SSSR count). The average molecular weight is 470 g/mol. The van der Waals surface area contributed by atoms with Gasteiger partial charge in [0.25, 0.3) is 0 Å². The highest BCUT2D eigenvalue weighted by Crippen LogP contribution is 2.25. The standard InChI is InChI=1S/C19H31N7O3S2/c1-5-30-19-23-16(22-13(2)3)15-12-21-26(17(15)24-19)11-8-20-18(27)14-6-9-25(10-7-14)31(4,28)29/h12-14H,5-11H2,1-4H3,(H,20,27)(H,22,23,24). The first-order chi connectivity index (χ1) is 14.7. The third-order valence-corrected chi connectivity index (χ3v) is 7.12. The Labute approximate surface area is 187 Å². The molecule has 0 unspecified atom stereocenters. The van der Waals surface area contributed by atoms with E-state index >= 15 is 0 Å². The van der Waals surface area contributed by atoms with Crippen LogP contribution in [0.2, 0.25) is 0 Å². The van der Waals surface area contributed by atoms with Crippen molar-refractivity contribution in [3.8, 4) is 0 Å². The molecule has 172 valence electrons. The largest absolute Gasteiger partial charge is 0.367 e. The summed E-state index contributed by atoms with van der Waals surface area (Å²) in [6.45, 7) is 7.87. The Bertz CT molecular complexity index is 1010. The molecule has 0 saturated carbocycles. The normalized spacial score (nSPS) is 16.2. The Morgan fingerprint density at radius 1 is 1.29 bits per heavy atom. The summed E-state index contributed by atoms with van der Waals surface area (Å²) in [7, 11) is -3.19. The number of piperidine rings is 1. The van der Waals surface area contributed by atoms with Gasteiger partial charge in [-0.3, -0.25) is 4.79 Å². The predicted molar refractivity (Wildman–Crippen MR) is 123 cm³/mol. The van der Waals surface area contributed by atoms with E-state index < -0.39 is 10.0 Å². The molecule has 0 atom stereocenters. The second kappa shape index (κ2) is 10.1. The number of sulfonamides is 1. The monoisotopic (exact) mass is 469 g/mol. The lowest BCUT2D eigenvalue weighted by atomic mass is 9.97. The van der Waals surface area contributed by atoms with Crippen LogP contribution in [-0.2, 0) is 21.4 Å². The van der Waals surface area contributed by atoms with E-state index in [4.69, 9.17) is 0 Å². The van der Waals surface area contributed by atoms with Crippen LogP contribution in [0, 0.1) is 5.92 Å². The summed E-state index contributed by atoms with van der Waals surface area (Å²) < 4.78 is 26.5. The van der Waals surface area contributed by atoms with Crippen molar-refractivity contribution >= 4 is 44.5 Å². The van der Waals surface area contributed by atoms with Crippen LogP contribution in [0.3, 0.4) is 0 Å². The van der Waals surface area contributed by atoms with Crippen LogP contribution < -0.4 is 10.6 Å². The van der Waals surface area contributed by atoms with Gasteiger partial charge in [-0.05, 0) is 32.4 Å². The molecule has 12 heteroatoms. The number of carbonyl (C=O) groups excluding carboxylic acids is 1. The molecule has 3 heterocycles. The molecule has 2 aromatic heterocycles. The molecule has 1 aliphatic heterocycles. The molecule has 10 nitrogen and oxygen atoms in total. The van der Waals surface area contributed by atoms with Gasteiger partial charge in [-0.1, -0.05) is 18.7 Å². The Morgan fingerprint density at radius 2 is 2.00 bits per heavy atom. The van der Waals surface area contributed by atoms with E-state index in [9.17, 15) is 13.2 Å². The van der Waals surface area contributed by atoms with Gasteiger partial charge in [-0.25, -0.2) is 27.4 Å². The molecule has 0 aromatic carbocycles. The molecule has 0 spiro atoms. The number of nitrogens with one attached hydrogen (secondary N) is 2. The molecule has 2 aromatic rings. The summed E-state index contributed by atoms with van der Waals surface area (Å²) in [5, 5.41) is 12.3. The Kier molecular flexibility index (Phi) is 7.76. The highest BCUT2D eigenvalue weighted by Gasteiger charge is 2.28. The summed E-state index contributed by atoms with van der Waals surface area (Å²) in [6, 6.07) is 0.231. The lowest BCUT2D eigenvalue weighted by molar-refractivity contribution is -0.126. The highest BCUT2D eigenvalue weighted by molar-refractivity contribution is 7.99. The smallest absolute Gasteiger partial charge is 0.223 e. The van der Waals surface area contributed by atoms with E-state index in [1.807, 2.05) is 0 Å². The molecule has 1 aliphatic rings. The molecule has 2 N–H and O–H groups in total. The number of rotatable bonds is 9. The van der Waals surface area contributed by atoms with Crippen LogP contribution in [-0.4, -0.2) is 76.1 Å². The van der Waals surface area contributed by atoms with Crippen molar-refractivity contribution in [1.82, 2.24) is 29.4 Å². The predicted octanol–water partition coefficient (Wildman–Crippen LogP) is 1.55. The van der Waals surface area contributed by atoms with E-state index in [1.165, 1.54) is 10.6 Å². The van der Waals surface area contributed by atoms with Crippen molar-refractivity contribution in [3.05, 3.63) is 6.20 Å². The van der Waals surface area contributed by atoms with Gasteiger partial charge in [0, 0.05) is 31.6 Å². The van der Waals surface area contributed by atoms with Crippen LogP contribution in [0.25, 0.3) is 11.0 Å². The SMILES string of the molecule is CCSc1nc(NC(C)C)c2cnn(CCNC(=O)C3CCN(S(C)(=O)=O)CC3)c2n1. The van der Waals surface area contributed by atoms with E-state index in [1.54, 1.807) is 22.6 Å². The first kappa shape index (κ1) is 23.7. The number of aromatic nitrogens is 4. The third kappa shape index (κ3) is 6.07. The summed E-state index contributed by atoms with van der Waals surface area (Å²) >= 11 is 1.57. The molecular formula is C19H31N7O3S2. The molecule has 31 heavy (non-hydrogen) atoms. The minimum absolute atomic E-state index is 0.0383. The van der Waals surface area contributed by atoms with E-state index in [0.29, 0.717) is 44.2 Å². The number of fused-ring (bicyclic) bond motifs is 1. The Morgan fingerprint density at radius 3 is 2.61 bits per heavy atom. The average Bonchev–Trinajstić information content (AvgIpc) is 3.10. The topological polar surface area (TPSA) is 122 Å². The number of hydrogen-bond acceptors (Lipinski definition) is 8. The van der Waals surface area contributed by atoms with Gasteiger partial charge in [0.1, 0.15) is 5.82 Å². The maximum Gasteiger partial charge on any atom is 0.223 e. The van der Waals surface area contributed by atoms with Crippen molar-refractivity contribution < 1.29 is 13.2 Å². The van der Waals surface area contributed by atoms with Crippen LogP contribution in [0.5, 0.6) is 0 Å². The second-order valence-electron chi connectivity index (χ2n) is 7.92. The summed E-state index contributed by atoms with van der Waals surface area (Å²) in [4.78, 5) is 21.8. The molecule has 0 bridgehead atoms. The quantitative estimate of drug-likeness (QED) is 0.419. The van der Waals surface area contributed by atoms with E-state index in [2.05, 4.69) is 46.5 Å². The minimum Gasteiger partial charge on any atom is -0.367 e. The fourth-order valence-electron chi connectivity index (χ4n) is 3.56. The fourth-order valence-corrected chi connectivity index (χ4v) is 4.99. The number of anilines is 1. The Hall–Kier alpha value is -1.92. The van der Waals surface area contributed by atoms with E-state index in [0.717, 1.165) is 22.6 Å². The first-order valence-electron chi connectivity index (χ1n) is 10.5.